The van der Waals surface area contributed by atoms with Crippen LogP contribution in [0.25, 0.3) is 0 Å². The fourth-order valence-corrected chi connectivity index (χ4v) is 4.04. The first-order valence-electron chi connectivity index (χ1n) is 6.37. The van der Waals surface area contributed by atoms with Crippen LogP contribution in [0.3, 0.4) is 0 Å². The molecular formula is C13H17ClFNO2S. The smallest absolute Gasteiger partial charge is 0.207 e. The normalized spacial score (nSPS) is 16.0. The van der Waals surface area contributed by atoms with Crippen LogP contribution < -0.4 is 0 Å². The van der Waals surface area contributed by atoms with Gasteiger partial charge in [-0.1, -0.05) is 13.0 Å². The summed E-state index contributed by atoms with van der Waals surface area (Å²) in [6.07, 6.45) is 2.44. The van der Waals surface area contributed by atoms with Gasteiger partial charge in [0.1, 0.15) is 10.7 Å². The number of alkyl halides is 1. The summed E-state index contributed by atoms with van der Waals surface area (Å²) in [5.74, 6) is -0.557. The molecule has 1 fully saturated rings. The molecule has 1 aliphatic carbocycles. The fraction of sp³-hybridized carbons (Fsp3) is 0.538. The molecule has 0 radical (unpaired) electrons. The Kier molecular flexibility index (Phi) is 4.48. The van der Waals surface area contributed by atoms with Gasteiger partial charge in [0.25, 0.3) is 0 Å². The van der Waals surface area contributed by atoms with Gasteiger partial charge in [-0.2, -0.15) is 4.31 Å². The maximum absolute atomic E-state index is 14.0. The first-order valence-corrected chi connectivity index (χ1v) is 8.34. The monoisotopic (exact) mass is 305 g/mol. The molecular weight excluding hydrogens is 289 g/mol. The van der Waals surface area contributed by atoms with Gasteiger partial charge in [-0.3, -0.25) is 0 Å². The second-order valence-corrected chi connectivity index (χ2v) is 6.87. The molecule has 2 rings (SSSR count). The quantitative estimate of drug-likeness (QED) is 0.757. The van der Waals surface area contributed by atoms with Crippen LogP contribution in [0.2, 0.25) is 0 Å². The number of nitrogens with zero attached hydrogens (tertiary/aromatic N) is 1. The van der Waals surface area contributed by atoms with E-state index in [1.165, 1.54) is 16.4 Å². The van der Waals surface area contributed by atoms with Crippen molar-refractivity contribution in [1.29, 1.82) is 0 Å². The van der Waals surface area contributed by atoms with Crippen molar-refractivity contribution < 1.29 is 12.8 Å². The van der Waals surface area contributed by atoms with E-state index in [9.17, 15) is 12.8 Å². The van der Waals surface area contributed by atoms with Crippen molar-refractivity contribution >= 4 is 21.6 Å². The lowest BCUT2D eigenvalue weighted by atomic mass is 10.2. The average molecular weight is 306 g/mol. The van der Waals surface area contributed by atoms with E-state index < -0.39 is 15.8 Å². The summed E-state index contributed by atoms with van der Waals surface area (Å²) in [5.41, 5.74) is 0.576. The lowest BCUT2D eigenvalue weighted by Crippen LogP contribution is -2.34. The topological polar surface area (TPSA) is 37.4 Å². The fourth-order valence-electron chi connectivity index (χ4n) is 2.04. The molecule has 6 heteroatoms. The molecule has 0 saturated heterocycles. The summed E-state index contributed by atoms with van der Waals surface area (Å²) in [4.78, 5) is -0.248. The van der Waals surface area contributed by atoms with Crippen LogP contribution in [0, 0.1) is 5.82 Å². The Morgan fingerprint density at radius 1 is 1.42 bits per heavy atom. The Hall–Kier alpha value is -0.650. The molecule has 0 atom stereocenters. The Morgan fingerprint density at radius 2 is 2.11 bits per heavy atom. The van der Waals surface area contributed by atoms with Gasteiger partial charge in [0.2, 0.25) is 10.0 Å². The van der Waals surface area contributed by atoms with Crippen LogP contribution in [0.4, 0.5) is 4.39 Å². The molecule has 0 unspecified atom stereocenters. The zero-order valence-electron chi connectivity index (χ0n) is 10.8. The highest BCUT2D eigenvalue weighted by Gasteiger charge is 2.38. The molecule has 106 valence electrons. The van der Waals surface area contributed by atoms with Crippen molar-refractivity contribution in [3.63, 3.8) is 0 Å². The van der Waals surface area contributed by atoms with Crippen LogP contribution >= 0.6 is 11.6 Å². The highest BCUT2D eigenvalue weighted by molar-refractivity contribution is 7.89. The van der Waals surface area contributed by atoms with Gasteiger partial charge in [-0.25, -0.2) is 12.8 Å². The summed E-state index contributed by atoms with van der Waals surface area (Å²) >= 11 is 5.61. The van der Waals surface area contributed by atoms with Crippen LogP contribution in [0.5, 0.6) is 0 Å². The Labute approximate surface area is 118 Å². The summed E-state index contributed by atoms with van der Waals surface area (Å²) < 4.78 is 40.3. The molecule has 0 aromatic heterocycles. The van der Waals surface area contributed by atoms with E-state index in [2.05, 4.69) is 0 Å². The van der Waals surface area contributed by atoms with Crippen molar-refractivity contribution in [2.24, 2.45) is 0 Å². The molecule has 0 aliphatic heterocycles. The summed E-state index contributed by atoms with van der Waals surface area (Å²) in [6, 6.07) is 4.10. The minimum atomic E-state index is -3.74. The predicted octanol–water partition coefficient (Wildman–Crippen LogP) is 3.13. The first kappa shape index (κ1) is 14.8. The van der Waals surface area contributed by atoms with Gasteiger partial charge < -0.3 is 0 Å². The number of sulfonamides is 1. The lowest BCUT2D eigenvalue weighted by molar-refractivity contribution is 0.400. The Bertz CT molecular complexity index is 558. The maximum atomic E-state index is 14.0. The second kappa shape index (κ2) is 5.77. The summed E-state index contributed by atoms with van der Waals surface area (Å²) in [5, 5.41) is 0. The second-order valence-electron chi connectivity index (χ2n) is 4.75. The number of hydrogen-bond donors (Lipinski definition) is 0. The van der Waals surface area contributed by atoms with Crippen molar-refractivity contribution in [3.8, 4) is 0 Å². The van der Waals surface area contributed by atoms with Gasteiger partial charge in [-0.15, -0.1) is 11.6 Å². The third-order valence-corrected chi connectivity index (χ3v) is 5.43. The van der Waals surface area contributed by atoms with Crippen molar-refractivity contribution in [2.75, 3.05) is 6.54 Å². The molecule has 19 heavy (non-hydrogen) atoms. The van der Waals surface area contributed by atoms with Gasteiger partial charge in [0, 0.05) is 18.5 Å². The average Bonchev–Trinajstić information content (AvgIpc) is 3.19. The molecule has 3 nitrogen and oxygen atoms in total. The van der Waals surface area contributed by atoms with Gasteiger partial charge >= 0.3 is 0 Å². The van der Waals surface area contributed by atoms with Crippen molar-refractivity contribution in [3.05, 3.63) is 29.6 Å². The standard InChI is InChI=1S/C13H17ClFNO2S/c1-2-7-16(11-4-5-11)19(17,18)13-6-3-10(9-14)8-12(13)15/h3,6,8,11H,2,4-5,7,9H2,1H3. The van der Waals surface area contributed by atoms with E-state index in [1.54, 1.807) is 6.07 Å². The largest absolute Gasteiger partial charge is 0.246 e. The molecule has 0 bridgehead atoms. The van der Waals surface area contributed by atoms with Crippen LogP contribution in [-0.4, -0.2) is 25.3 Å². The molecule has 1 aromatic rings. The van der Waals surface area contributed by atoms with Gasteiger partial charge in [0.05, 0.1) is 0 Å². The third kappa shape index (κ3) is 3.09. The predicted molar refractivity (Wildman–Crippen MR) is 73.2 cm³/mol. The zero-order valence-corrected chi connectivity index (χ0v) is 12.3. The van der Waals surface area contributed by atoms with Gasteiger partial charge in [0.15, 0.2) is 0 Å². The van der Waals surface area contributed by atoms with Gasteiger partial charge in [-0.05, 0) is 37.0 Å². The molecule has 0 amide bonds. The Morgan fingerprint density at radius 3 is 2.58 bits per heavy atom. The number of hydrogen-bond acceptors (Lipinski definition) is 2. The minimum Gasteiger partial charge on any atom is -0.207 e. The van der Waals surface area contributed by atoms with E-state index in [4.69, 9.17) is 11.6 Å². The maximum Gasteiger partial charge on any atom is 0.246 e. The molecule has 1 aliphatic rings. The molecule has 0 spiro atoms. The molecule has 0 heterocycles. The number of benzene rings is 1. The highest BCUT2D eigenvalue weighted by Crippen LogP contribution is 2.33. The molecule has 1 saturated carbocycles. The van der Waals surface area contributed by atoms with Crippen LogP contribution in [0.1, 0.15) is 31.7 Å². The summed E-state index contributed by atoms with van der Waals surface area (Å²) in [7, 11) is -3.74. The van der Waals surface area contributed by atoms with Crippen LogP contribution in [0.15, 0.2) is 23.1 Å². The third-order valence-electron chi connectivity index (χ3n) is 3.14. The number of halogens is 2. The number of rotatable bonds is 6. The first-order chi connectivity index (χ1) is 9.00. The zero-order chi connectivity index (χ0) is 14.0. The molecule has 0 N–H and O–H groups in total. The minimum absolute atomic E-state index is 0.0389. The highest BCUT2D eigenvalue weighted by atomic mass is 35.5. The van der Waals surface area contributed by atoms with Crippen LogP contribution in [-0.2, 0) is 15.9 Å². The SMILES string of the molecule is CCCN(C1CC1)S(=O)(=O)c1ccc(CCl)cc1F. The van der Waals surface area contributed by atoms with E-state index in [0.29, 0.717) is 12.1 Å². The Balaban J connectivity index is 2.37. The summed E-state index contributed by atoms with van der Waals surface area (Å²) in [6.45, 7) is 2.35. The van der Waals surface area contributed by atoms with E-state index in [0.717, 1.165) is 19.3 Å². The van der Waals surface area contributed by atoms with Crippen molar-refractivity contribution in [2.45, 2.75) is 43.0 Å². The van der Waals surface area contributed by atoms with E-state index >= 15 is 0 Å². The molecule has 1 aromatic carbocycles. The van der Waals surface area contributed by atoms with E-state index in [-0.39, 0.29) is 16.8 Å². The van der Waals surface area contributed by atoms with E-state index in [1.807, 2.05) is 6.92 Å². The van der Waals surface area contributed by atoms with Crippen molar-refractivity contribution in [1.82, 2.24) is 4.31 Å². The lowest BCUT2D eigenvalue weighted by Gasteiger charge is -2.21.